The SMILES string of the molecule is C/C=C(\C)C(=O)Nc1ccc(NC(N)=O)c(-c2nnnn2-c2cc(C(F)(F)F)cc(C(F)(F)F)c2)c1. The molecule has 3 aromatic rings. The van der Waals surface area contributed by atoms with Gasteiger partial charge in [-0.15, -0.1) is 5.10 Å². The Morgan fingerprint density at radius 1 is 0.972 bits per heavy atom. The molecule has 36 heavy (non-hydrogen) atoms. The number of tetrazole rings is 1. The van der Waals surface area contributed by atoms with Crippen LogP contribution in [0.25, 0.3) is 17.1 Å². The molecular formula is C21H17F6N7O2. The van der Waals surface area contributed by atoms with Crippen molar-refractivity contribution in [2.75, 3.05) is 10.6 Å². The van der Waals surface area contributed by atoms with Crippen molar-refractivity contribution in [3.8, 4) is 17.1 Å². The monoisotopic (exact) mass is 513 g/mol. The number of carbonyl (C=O) groups excluding carboxylic acids is 2. The molecule has 0 aliphatic heterocycles. The maximum atomic E-state index is 13.3. The minimum atomic E-state index is -5.10. The highest BCUT2D eigenvalue weighted by Gasteiger charge is 2.37. The van der Waals surface area contributed by atoms with Gasteiger partial charge in [0.25, 0.3) is 5.91 Å². The molecule has 0 bridgehead atoms. The summed E-state index contributed by atoms with van der Waals surface area (Å²) in [5, 5.41) is 15.5. The van der Waals surface area contributed by atoms with E-state index in [9.17, 15) is 35.9 Å². The number of benzene rings is 2. The van der Waals surface area contributed by atoms with Gasteiger partial charge in [0.05, 0.1) is 22.5 Å². The van der Waals surface area contributed by atoms with Crippen LogP contribution in [0.3, 0.4) is 0 Å². The van der Waals surface area contributed by atoms with Crippen molar-refractivity contribution in [2.24, 2.45) is 5.73 Å². The predicted molar refractivity (Wildman–Crippen MR) is 116 cm³/mol. The molecule has 1 heterocycles. The first-order chi connectivity index (χ1) is 16.7. The highest BCUT2D eigenvalue weighted by molar-refractivity contribution is 6.04. The van der Waals surface area contributed by atoms with Gasteiger partial charge >= 0.3 is 18.4 Å². The van der Waals surface area contributed by atoms with Crippen LogP contribution in [0.2, 0.25) is 0 Å². The van der Waals surface area contributed by atoms with E-state index in [1.165, 1.54) is 18.2 Å². The number of amides is 3. The number of rotatable bonds is 5. The molecule has 0 saturated heterocycles. The Morgan fingerprint density at radius 2 is 1.58 bits per heavy atom. The van der Waals surface area contributed by atoms with Crippen LogP contribution in [-0.2, 0) is 17.1 Å². The summed E-state index contributed by atoms with van der Waals surface area (Å²) in [7, 11) is 0. The van der Waals surface area contributed by atoms with E-state index in [2.05, 4.69) is 26.2 Å². The molecule has 3 amide bonds. The Kier molecular flexibility index (Phi) is 7.03. The molecular weight excluding hydrogens is 496 g/mol. The summed E-state index contributed by atoms with van der Waals surface area (Å²) in [5.74, 6) is -0.823. The summed E-state index contributed by atoms with van der Waals surface area (Å²) in [5.41, 5.74) is 1.82. The third-order valence-corrected chi connectivity index (χ3v) is 4.85. The van der Waals surface area contributed by atoms with Crippen molar-refractivity contribution in [2.45, 2.75) is 26.2 Å². The van der Waals surface area contributed by atoms with E-state index in [-0.39, 0.29) is 28.8 Å². The quantitative estimate of drug-likeness (QED) is 0.335. The second-order valence-corrected chi connectivity index (χ2v) is 7.35. The molecule has 15 heteroatoms. The molecule has 0 saturated carbocycles. The summed E-state index contributed by atoms with van der Waals surface area (Å²) in [6.45, 7) is 3.18. The minimum Gasteiger partial charge on any atom is -0.351 e. The lowest BCUT2D eigenvalue weighted by Gasteiger charge is -2.16. The van der Waals surface area contributed by atoms with E-state index in [0.717, 1.165) is 0 Å². The number of hydrogen-bond donors (Lipinski definition) is 3. The van der Waals surface area contributed by atoms with E-state index in [1.807, 2.05) is 0 Å². The van der Waals surface area contributed by atoms with Gasteiger partial charge in [0.1, 0.15) is 0 Å². The number of anilines is 2. The number of carbonyl (C=O) groups is 2. The summed E-state index contributed by atoms with van der Waals surface area (Å²) in [6, 6.07) is 3.78. The lowest BCUT2D eigenvalue weighted by atomic mass is 10.1. The number of allylic oxidation sites excluding steroid dienone is 1. The van der Waals surface area contributed by atoms with E-state index >= 15 is 0 Å². The normalized spacial score (nSPS) is 12.4. The second kappa shape index (κ2) is 9.67. The van der Waals surface area contributed by atoms with Crippen LogP contribution in [0.4, 0.5) is 42.5 Å². The van der Waals surface area contributed by atoms with Crippen LogP contribution in [0.15, 0.2) is 48.0 Å². The fraction of sp³-hybridized carbons (Fsp3) is 0.190. The molecule has 9 nitrogen and oxygen atoms in total. The Balaban J connectivity index is 2.21. The van der Waals surface area contributed by atoms with Crippen LogP contribution in [-0.4, -0.2) is 32.1 Å². The molecule has 0 aliphatic rings. The molecule has 0 radical (unpaired) electrons. The van der Waals surface area contributed by atoms with Crippen molar-refractivity contribution in [3.63, 3.8) is 0 Å². The Bertz CT molecular complexity index is 1310. The zero-order valence-corrected chi connectivity index (χ0v) is 18.5. The maximum Gasteiger partial charge on any atom is 0.416 e. The summed E-state index contributed by atoms with van der Waals surface area (Å²) in [4.78, 5) is 23.7. The first kappa shape index (κ1) is 26.2. The van der Waals surface area contributed by atoms with Gasteiger partial charge in [-0.25, -0.2) is 4.79 Å². The van der Waals surface area contributed by atoms with Crippen molar-refractivity contribution in [1.82, 2.24) is 20.2 Å². The van der Waals surface area contributed by atoms with Gasteiger partial charge in [0.2, 0.25) is 0 Å². The van der Waals surface area contributed by atoms with Crippen molar-refractivity contribution >= 4 is 23.3 Å². The van der Waals surface area contributed by atoms with Gasteiger partial charge in [0.15, 0.2) is 5.82 Å². The topological polar surface area (TPSA) is 128 Å². The number of nitrogens with two attached hydrogens (primary N) is 1. The Labute approximate surface area is 199 Å². The van der Waals surface area contributed by atoms with Crippen LogP contribution in [0.1, 0.15) is 25.0 Å². The third kappa shape index (κ3) is 5.79. The lowest BCUT2D eigenvalue weighted by molar-refractivity contribution is -0.143. The predicted octanol–water partition coefficient (Wildman–Crippen LogP) is 4.76. The van der Waals surface area contributed by atoms with E-state index in [0.29, 0.717) is 22.4 Å². The molecule has 0 atom stereocenters. The number of alkyl halides is 6. The number of nitrogens with zero attached hydrogens (tertiary/aromatic N) is 4. The largest absolute Gasteiger partial charge is 0.416 e. The summed E-state index contributed by atoms with van der Waals surface area (Å²) < 4.78 is 80.7. The van der Waals surface area contributed by atoms with Crippen molar-refractivity contribution in [3.05, 3.63) is 59.2 Å². The Hall–Kier alpha value is -4.43. The zero-order chi connectivity index (χ0) is 26.8. The molecule has 3 rings (SSSR count). The number of primary amides is 1. The fourth-order valence-electron chi connectivity index (χ4n) is 3.00. The molecule has 0 unspecified atom stereocenters. The fourth-order valence-corrected chi connectivity index (χ4v) is 3.00. The molecule has 0 aliphatic carbocycles. The average molecular weight is 513 g/mol. The van der Waals surface area contributed by atoms with Crippen LogP contribution < -0.4 is 16.4 Å². The van der Waals surface area contributed by atoms with Crippen LogP contribution in [0.5, 0.6) is 0 Å². The first-order valence-electron chi connectivity index (χ1n) is 9.94. The molecule has 2 aromatic carbocycles. The average Bonchev–Trinajstić information content (AvgIpc) is 3.27. The van der Waals surface area contributed by atoms with Gasteiger partial charge in [-0.2, -0.15) is 31.0 Å². The van der Waals surface area contributed by atoms with Crippen molar-refractivity contribution in [1.29, 1.82) is 0 Å². The highest BCUT2D eigenvalue weighted by Crippen LogP contribution is 2.38. The van der Waals surface area contributed by atoms with E-state index in [1.54, 1.807) is 19.9 Å². The van der Waals surface area contributed by atoms with Gasteiger partial charge in [-0.1, -0.05) is 6.08 Å². The smallest absolute Gasteiger partial charge is 0.351 e. The first-order valence-corrected chi connectivity index (χ1v) is 9.94. The summed E-state index contributed by atoms with van der Waals surface area (Å²) >= 11 is 0. The molecule has 4 N–H and O–H groups in total. The number of nitrogens with one attached hydrogen (secondary N) is 2. The standard InChI is InChI=1S/C21H17F6N7O2/c1-3-10(2)18(35)29-13-4-5-16(30-19(28)36)15(9-13)17-31-32-33-34(17)14-7-11(20(22,23)24)6-12(8-14)21(25,26)27/h3-9H,1-2H3,(H,29,35)(H3,28,30,36)/b10-3+. The second-order valence-electron chi connectivity index (χ2n) is 7.35. The lowest BCUT2D eigenvalue weighted by Crippen LogP contribution is -2.20. The number of aromatic nitrogens is 4. The third-order valence-electron chi connectivity index (χ3n) is 4.85. The maximum absolute atomic E-state index is 13.3. The Morgan fingerprint density at radius 3 is 2.11 bits per heavy atom. The molecule has 0 fully saturated rings. The number of urea groups is 1. The van der Waals surface area contributed by atoms with Gasteiger partial charge in [-0.05, 0) is 60.7 Å². The summed E-state index contributed by atoms with van der Waals surface area (Å²) in [6.07, 6.45) is -8.65. The van der Waals surface area contributed by atoms with E-state index in [4.69, 9.17) is 5.73 Å². The number of hydrogen-bond acceptors (Lipinski definition) is 5. The van der Waals surface area contributed by atoms with Crippen molar-refractivity contribution < 1.29 is 35.9 Å². The van der Waals surface area contributed by atoms with Gasteiger partial charge in [0, 0.05) is 16.8 Å². The van der Waals surface area contributed by atoms with E-state index < -0.39 is 41.1 Å². The minimum absolute atomic E-state index is 0.0256. The van der Waals surface area contributed by atoms with Gasteiger partial charge < -0.3 is 16.4 Å². The molecule has 0 spiro atoms. The van der Waals surface area contributed by atoms with Crippen LogP contribution in [0, 0.1) is 0 Å². The number of halogens is 6. The van der Waals surface area contributed by atoms with Crippen LogP contribution >= 0.6 is 0 Å². The highest BCUT2D eigenvalue weighted by atomic mass is 19.4. The zero-order valence-electron chi connectivity index (χ0n) is 18.5. The van der Waals surface area contributed by atoms with Gasteiger partial charge in [-0.3, -0.25) is 4.79 Å². The molecule has 1 aromatic heterocycles. The molecule has 190 valence electrons.